The van der Waals surface area contributed by atoms with Crippen LogP contribution in [0.25, 0.3) is 0 Å². The van der Waals surface area contributed by atoms with Crippen molar-refractivity contribution in [2.24, 2.45) is 10.7 Å². The summed E-state index contributed by atoms with van der Waals surface area (Å²) in [6.07, 6.45) is 1.14. The number of hydrogen-bond donors (Lipinski definition) is 2. The van der Waals surface area contributed by atoms with Crippen LogP contribution in [0.5, 0.6) is 0 Å². The van der Waals surface area contributed by atoms with E-state index in [-0.39, 0.29) is 24.0 Å². The number of nitrogens with two attached hydrogens (primary N) is 1. The maximum absolute atomic E-state index is 5.83. The molecule has 0 aliphatic heterocycles. The van der Waals surface area contributed by atoms with Crippen molar-refractivity contribution in [2.45, 2.75) is 26.2 Å². The Hall–Kier alpha value is -0.860. The predicted octanol–water partition coefficient (Wildman–Crippen LogP) is 3.21. The first-order chi connectivity index (χ1) is 10.2. The minimum Gasteiger partial charge on any atom is -0.382 e. The van der Waals surface area contributed by atoms with Gasteiger partial charge in [0.15, 0.2) is 5.96 Å². The van der Waals surface area contributed by atoms with Gasteiger partial charge in [-0.05, 0) is 30.0 Å². The van der Waals surface area contributed by atoms with Crippen molar-refractivity contribution >= 4 is 35.6 Å². The van der Waals surface area contributed by atoms with E-state index in [1.807, 2.05) is 12.1 Å². The van der Waals surface area contributed by atoms with Gasteiger partial charge in [0.05, 0.1) is 26.4 Å². The zero-order valence-electron chi connectivity index (χ0n) is 13.7. The number of halogens is 1. The number of aliphatic imine (C=N–C) groups is 1. The zero-order valence-corrected chi connectivity index (χ0v) is 16.0. The van der Waals surface area contributed by atoms with Gasteiger partial charge in [-0.15, -0.1) is 24.0 Å². The molecule has 0 amide bonds. The summed E-state index contributed by atoms with van der Waals surface area (Å²) in [4.78, 5) is 4.21. The van der Waals surface area contributed by atoms with E-state index in [2.05, 4.69) is 36.3 Å². The van der Waals surface area contributed by atoms with Gasteiger partial charge in [0.25, 0.3) is 0 Å². The van der Waals surface area contributed by atoms with Crippen LogP contribution in [-0.2, 0) is 9.47 Å². The molecule has 0 fully saturated rings. The highest BCUT2D eigenvalue weighted by molar-refractivity contribution is 14.0. The van der Waals surface area contributed by atoms with Crippen LogP contribution in [-0.4, -0.2) is 39.4 Å². The number of hydrogen-bond acceptors (Lipinski definition) is 3. The van der Waals surface area contributed by atoms with Crippen molar-refractivity contribution < 1.29 is 9.47 Å². The summed E-state index contributed by atoms with van der Waals surface area (Å²) in [6.45, 7) is 6.67. The van der Waals surface area contributed by atoms with E-state index in [9.17, 15) is 0 Å². The highest BCUT2D eigenvalue weighted by atomic mass is 127. The number of ether oxygens (including phenoxy) is 2. The van der Waals surface area contributed by atoms with Crippen LogP contribution in [0.3, 0.4) is 0 Å². The van der Waals surface area contributed by atoms with Crippen molar-refractivity contribution in [3.8, 4) is 0 Å². The number of methoxy groups -OCH3 is 1. The van der Waals surface area contributed by atoms with Gasteiger partial charge in [0.2, 0.25) is 0 Å². The van der Waals surface area contributed by atoms with Gasteiger partial charge in [0.1, 0.15) is 0 Å². The smallest absolute Gasteiger partial charge is 0.193 e. The van der Waals surface area contributed by atoms with Crippen molar-refractivity contribution in [2.75, 3.05) is 38.8 Å². The zero-order chi connectivity index (χ0) is 15.5. The van der Waals surface area contributed by atoms with Crippen LogP contribution in [0.1, 0.15) is 31.7 Å². The molecule has 0 saturated carbocycles. The molecule has 22 heavy (non-hydrogen) atoms. The van der Waals surface area contributed by atoms with E-state index in [1.54, 1.807) is 7.11 Å². The first-order valence-corrected chi connectivity index (χ1v) is 7.41. The molecule has 126 valence electrons. The average molecular weight is 421 g/mol. The van der Waals surface area contributed by atoms with Crippen LogP contribution in [0.15, 0.2) is 29.3 Å². The molecule has 0 saturated heterocycles. The highest BCUT2D eigenvalue weighted by Crippen LogP contribution is 2.20. The molecular formula is C16H28IN3O2. The molecular weight excluding hydrogens is 393 g/mol. The number of rotatable bonds is 9. The van der Waals surface area contributed by atoms with Gasteiger partial charge >= 0.3 is 0 Å². The number of anilines is 1. The Labute approximate surface area is 150 Å². The lowest BCUT2D eigenvalue weighted by Gasteiger charge is -2.10. The Morgan fingerprint density at radius 2 is 1.91 bits per heavy atom. The topological polar surface area (TPSA) is 68.9 Å². The van der Waals surface area contributed by atoms with Gasteiger partial charge < -0.3 is 20.5 Å². The molecule has 0 aliphatic carbocycles. The van der Waals surface area contributed by atoms with Gasteiger partial charge in [-0.2, -0.15) is 0 Å². The van der Waals surface area contributed by atoms with Crippen LogP contribution in [0, 0.1) is 0 Å². The second-order valence-electron chi connectivity index (χ2n) is 4.93. The quantitative estimate of drug-likeness (QED) is 0.278. The Bertz CT molecular complexity index is 424. The molecule has 0 heterocycles. The molecule has 0 spiro atoms. The second kappa shape index (κ2) is 12.7. The normalized spacial score (nSPS) is 12.6. The van der Waals surface area contributed by atoms with E-state index < -0.39 is 0 Å². The highest BCUT2D eigenvalue weighted by Gasteiger charge is 2.02. The minimum absolute atomic E-state index is 0. The van der Waals surface area contributed by atoms with Crippen LogP contribution in [0.4, 0.5) is 5.69 Å². The molecule has 0 radical (unpaired) electrons. The SMILES string of the molecule is CCC(C)c1ccc(NC(N)=NCCOCCOC)cc1.I. The summed E-state index contributed by atoms with van der Waals surface area (Å²) >= 11 is 0. The van der Waals surface area contributed by atoms with Crippen molar-refractivity contribution in [3.05, 3.63) is 29.8 Å². The van der Waals surface area contributed by atoms with Gasteiger partial charge in [0, 0.05) is 12.8 Å². The van der Waals surface area contributed by atoms with Crippen molar-refractivity contribution in [1.29, 1.82) is 0 Å². The second-order valence-corrected chi connectivity index (χ2v) is 4.93. The lowest BCUT2D eigenvalue weighted by Crippen LogP contribution is -2.23. The minimum atomic E-state index is 0. The number of nitrogens with zero attached hydrogens (tertiary/aromatic N) is 1. The lowest BCUT2D eigenvalue weighted by atomic mass is 9.99. The summed E-state index contributed by atoms with van der Waals surface area (Å²) in [5, 5.41) is 3.08. The summed E-state index contributed by atoms with van der Waals surface area (Å²) in [7, 11) is 1.65. The molecule has 6 heteroatoms. The Kier molecular flexibility index (Phi) is 12.2. The van der Waals surface area contributed by atoms with Crippen molar-refractivity contribution in [1.82, 2.24) is 0 Å². The van der Waals surface area contributed by atoms with Crippen LogP contribution >= 0.6 is 24.0 Å². The molecule has 1 rings (SSSR count). The first-order valence-electron chi connectivity index (χ1n) is 7.41. The van der Waals surface area contributed by atoms with Gasteiger partial charge in [-0.25, -0.2) is 0 Å². The van der Waals surface area contributed by atoms with Crippen LogP contribution in [0.2, 0.25) is 0 Å². The summed E-state index contributed by atoms with van der Waals surface area (Å²) in [6, 6.07) is 8.30. The summed E-state index contributed by atoms with van der Waals surface area (Å²) < 4.78 is 10.2. The summed E-state index contributed by atoms with van der Waals surface area (Å²) in [5.41, 5.74) is 8.12. The predicted molar refractivity (Wildman–Crippen MR) is 103 cm³/mol. The van der Waals surface area contributed by atoms with E-state index in [4.69, 9.17) is 15.2 Å². The molecule has 1 aromatic carbocycles. The number of nitrogens with one attached hydrogen (secondary N) is 1. The fraction of sp³-hybridized carbons (Fsp3) is 0.562. The fourth-order valence-electron chi connectivity index (χ4n) is 1.79. The van der Waals surface area contributed by atoms with Crippen molar-refractivity contribution in [3.63, 3.8) is 0 Å². The third-order valence-corrected chi connectivity index (χ3v) is 3.31. The molecule has 0 aliphatic rings. The standard InChI is InChI=1S/C16H27N3O2.HI/c1-4-13(2)14-5-7-15(8-6-14)19-16(17)18-9-10-21-12-11-20-3;/h5-8,13H,4,9-12H2,1-3H3,(H3,17,18,19);1H. The molecule has 0 bridgehead atoms. The number of guanidine groups is 1. The Morgan fingerprint density at radius 1 is 1.23 bits per heavy atom. The fourth-order valence-corrected chi connectivity index (χ4v) is 1.79. The summed E-state index contributed by atoms with van der Waals surface area (Å²) in [5.74, 6) is 0.982. The largest absolute Gasteiger partial charge is 0.382 e. The Balaban J connectivity index is 0.00000441. The molecule has 3 N–H and O–H groups in total. The van der Waals surface area contributed by atoms with Gasteiger partial charge in [-0.1, -0.05) is 26.0 Å². The number of benzene rings is 1. The van der Waals surface area contributed by atoms with E-state index in [1.165, 1.54) is 5.56 Å². The molecule has 0 aromatic heterocycles. The molecule has 5 nitrogen and oxygen atoms in total. The Morgan fingerprint density at radius 3 is 2.50 bits per heavy atom. The maximum atomic E-state index is 5.83. The first kappa shape index (κ1) is 21.1. The monoisotopic (exact) mass is 421 g/mol. The van der Waals surface area contributed by atoms with E-state index in [0.29, 0.717) is 38.2 Å². The van der Waals surface area contributed by atoms with E-state index >= 15 is 0 Å². The van der Waals surface area contributed by atoms with Crippen LogP contribution < -0.4 is 11.1 Å². The molecule has 1 atom stereocenters. The third-order valence-electron chi connectivity index (χ3n) is 3.31. The maximum Gasteiger partial charge on any atom is 0.193 e. The molecule has 1 aromatic rings. The third kappa shape index (κ3) is 8.55. The van der Waals surface area contributed by atoms with E-state index in [0.717, 1.165) is 12.1 Å². The lowest BCUT2D eigenvalue weighted by molar-refractivity contribution is 0.0748. The average Bonchev–Trinajstić information content (AvgIpc) is 2.50. The molecule has 1 unspecified atom stereocenters. The van der Waals surface area contributed by atoms with Gasteiger partial charge in [-0.3, -0.25) is 4.99 Å².